The van der Waals surface area contributed by atoms with E-state index in [9.17, 15) is 4.39 Å². The molecule has 0 unspecified atom stereocenters. The second-order valence-corrected chi connectivity index (χ2v) is 5.84. The van der Waals surface area contributed by atoms with Crippen LogP contribution in [0.3, 0.4) is 0 Å². The topological polar surface area (TPSA) is 38.7 Å². The molecule has 0 amide bonds. The van der Waals surface area contributed by atoms with Crippen molar-refractivity contribution in [3.8, 4) is 21.7 Å². The minimum atomic E-state index is -0.486. The maximum absolute atomic E-state index is 12.9. The summed E-state index contributed by atoms with van der Waals surface area (Å²) in [7, 11) is 0. The first-order valence-corrected chi connectivity index (χ1v) is 7.54. The van der Waals surface area contributed by atoms with Crippen molar-refractivity contribution in [1.82, 2.24) is 15.0 Å². The minimum Gasteiger partial charge on any atom is -0.264 e. The van der Waals surface area contributed by atoms with Crippen molar-refractivity contribution < 1.29 is 4.39 Å². The highest BCUT2D eigenvalue weighted by molar-refractivity contribution is 7.21. The van der Waals surface area contributed by atoms with E-state index in [-0.39, 0.29) is 0 Å². The summed E-state index contributed by atoms with van der Waals surface area (Å²) >= 11 is 1.62. The summed E-state index contributed by atoms with van der Waals surface area (Å²) in [6.45, 7) is 0. The van der Waals surface area contributed by atoms with Crippen LogP contribution in [-0.2, 0) is 0 Å². The molecule has 22 heavy (non-hydrogen) atoms. The summed E-state index contributed by atoms with van der Waals surface area (Å²) in [5, 5.41) is 1.09. The van der Waals surface area contributed by atoms with Crippen molar-refractivity contribution in [2.75, 3.05) is 0 Å². The van der Waals surface area contributed by atoms with Crippen molar-refractivity contribution >= 4 is 21.6 Å². The molecule has 0 radical (unpaired) electrons. The molecular formula is C17H10FN3S. The lowest BCUT2D eigenvalue weighted by Crippen LogP contribution is -1.86. The zero-order valence-corrected chi connectivity index (χ0v) is 12.2. The summed E-state index contributed by atoms with van der Waals surface area (Å²) < 4.78 is 12.9. The molecule has 3 nitrogen and oxygen atoms in total. The van der Waals surface area contributed by atoms with Gasteiger partial charge >= 0.3 is 0 Å². The van der Waals surface area contributed by atoms with Gasteiger partial charge < -0.3 is 0 Å². The average molecular weight is 307 g/mol. The van der Waals surface area contributed by atoms with Gasteiger partial charge in [-0.2, -0.15) is 4.39 Å². The molecular weight excluding hydrogens is 297 g/mol. The summed E-state index contributed by atoms with van der Waals surface area (Å²) in [5.41, 5.74) is 2.68. The Bertz CT molecular complexity index is 933. The molecule has 0 fully saturated rings. The first-order valence-electron chi connectivity index (χ1n) is 6.72. The Balaban J connectivity index is 1.80. The van der Waals surface area contributed by atoms with Crippen LogP contribution >= 0.6 is 11.3 Å². The molecule has 0 aliphatic rings. The second kappa shape index (κ2) is 5.27. The summed E-state index contributed by atoms with van der Waals surface area (Å²) in [6.07, 6.45) is 5.10. The molecule has 0 atom stereocenters. The number of nitrogens with zero attached hydrogens (tertiary/aromatic N) is 3. The van der Waals surface area contributed by atoms with Crippen LogP contribution in [0, 0.1) is 5.95 Å². The van der Waals surface area contributed by atoms with E-state index >= 15 is 0 Å². The number of halogens is 1. The fraction of sp³-hybridized carbons (Fsp3) is 0. The highest BCUT2D eigenvalue weighted by atomic mass is 32.1. The predicted molar refractivity (Wildman–Crippen MR) is 86.0 cm³/mol. The predicted octanol–water partition coefficient (Wildman–Crippen LogP) is 4.56. The smallest absolute Gasteiger partial charge is 0.212 e. The SMILES string of the molecule is Fc1ccc(-c2ccc3cc(-c4cccnc4)sc3n2)cn1. The van der Waals surface area contributed by atoms with Gasteiger partial charge in [-0.1, -0.05) is 6.07 Å². The molecule has 0 N–H and O–H groups in total. The Kier molecular flexibility index (Phi) is 3.12. The van der Waals surface area contributed by atoms with Gasteiger partial charge in [-0.25, -0.2) is 9.97 Å². The van der Waals surface area contributed by atoms with Gasteiger partial charge in [0.1, 0.15) is 4.83 Å². The minimum absolute atomic E-state index is 0.486. The number of hydrogen-bond acceptors (Lipinski definition) is 4. The van der Waals surface area contributed by atoms with Crippen molar-refractivity contribution in [1.29, 1.82) is 0 Å². The van der Waals surface area contributed by atoms with Gasteiger partial charge in [0.25, 0.3) is 0 Å². The van der Waals surface area contributed by atoms with Gasteiger partial charge in [-0.05, 0) is 36.4 Å². The maximum atomic E-state index is 12.9. The Morgan fingerprint density at radius 1 is 0.955 bits per heavy atom. The molecule has 0 saturated heterocycles. The van der Waals surface area contributed by atoms with Gasteiger partial charge in [-0.3, -0.25) is 4.98 Å². The lowest BCUT2D eigenvalue weighted by molar-refractivity contribution is 0.584. The normalized spacial score (nSPS) is 11.0. The third-order valence-corrected chi connectivity index (χ3v) is 4.45. The van der Waals surface area contributed by atoms with Gasteiger partial charge in [-0.15, -0.1) is 11.3 Å². The zero-order chi connectivity index (χ0) is 14.9. The van der Waals surface area contributed by atoms with Crippen LogP contribution in [0.25, 0.3) is 31.9 Å². The molecule has 4 aromatic heterocycles. The monoisotopic (exact) mass is 307 g/mol. The molecule has 4 heterocycles. The van der Waals surface area contributed by atoms with E-state index in [4.69, 9.17) is 0 Å². The van der Waals surface area contributed by atoms with Crippen LogP contribution in [0.2, 0.25) is 0 Å². The number of rotatable bonds is 2. The van der Waals surface area contributed by atoms with Gasteiger partial charge in [0.05, 0.1) is 5.69 Å². The van der Waals surface area contributed by atoms with Crippen LogP contribution in [0.4, 0.5) is 4.39 Å². The first-order chi connectivity index (χ1) is 10.8. The highest BCUT2D eigenvalue weighted by Crippen LogP contribution is 2.33. The third kappa shape index (κ3) is 2.35. The first kappa shape index (κ1) is 13.0. The molecule has 106 valence electrons. The number of pyridine rings is 3. The molecule has 0 aromatic carbocycles. The summed E-state index contributed by atoms with van der Waals surface area (Å²) in [6, 6.07) is 13.0. The van der Waals surface area contributed by atoms with Crippen LogP contribution in [0.1, 0.15) is 0 Å². The van der Waals surface area contributed by atoms with Crippen molar-refractivity contribution in [3.63, 3.8) is 0 Å². The van der Waals surface area contributed by atoms with E-state index in [1.807, 2.05) is 30.5 Å². The standard InChI is InChI=1S/C17H10FN3S/c18-16-6-4-12(10-20-16)14-5-3-11-8-15(22-17(11)21-14)13-2-1-7-19-9-13/h1-10H. The van der Waals surface area contributed by atoms with Crippen molar-refractivity contribution in [2.45, 2.75) is 0 Å². The Hall–Kier alpha value is -2.66. The molecule has 0 aliphatic carbocycles. The molecule has 5 heteroatoms. The van der Waals surface area contributed by atoms with E-state index in [1.54, 1.807) is 23.6 Å². The summed E-state index contributed by atoms with van der Waals surface area (Å²) in [4.78, 5) is 14.6. The Labute approximate surface area is 130 Å². The number of thiophene rings is 1. The molecule has 0 saturated carbocycles. The highest BCUT2D eigenvalue weighted by Gasteiger charge is 2.08. The maximum Gasteiger partial charge on any atom is 0.212 e. The number of aromatic nitrogens is 3. The summed E-state index contributed by atoms with van der Waals surface area (Å²) in [5.74, 6) is -0.486. The van der Waals surface area contributed by atoms with E-state index < -0.39 is 5.95 Å². The fourth-order valence-electron chi connectivity index (χ4n) is 2.26. The van der Waals surface area contributed by atoms with Crippen LogP contribution in [0.15, 0.2) is 61.1 Å². The van der Waals surface area contributed by atoms with Crippen LogP contribution < -0.4 is 0 Å². The van der Waals surface area contributed by atoms with Gasteiger partial charge in [0.15, 0.2) is 0 Å². The molecule has 0 aliphatic heterocycles. The van der Waals surface area contributed by atoms with E-state index in [1.165, 1.54) is 12.3 Å². The number of fused-ring (bicyclic) bond motifs is 1. The molecule has 4 rings (SSSR count). The third-order valence-electron chi connectivity index (χ3n) is 3.35. The largest absolute Gasteiger partial charge is 0.264 e. The Morgan fingerprint density at radius 2 is 1.91 bits per heavy atom. The van der Waals surface area contributed by atoms with Crippen LogP contribution in [-0.4, -0.2) is 15.0 Å². The Morgan fingerprint density at radius 3 is 2.68 bits per heavy atom. The fourth-order valence-corrected chi connectivity index (χ4v) is 3.28. The van der Waals surface area contributed by atoms with E-state index in [0.29, 0.717) is 0 Å². The lowest BCUT2D eigenvalue weighted by Gasteiger charge is -1.99. The van der Waals surface area contributed by atoms with E-state index in [0.717, 1.165) is 31.9 Å². The van der Waals surface area contributed by atoms with E-state index in [2.05, 4.69) is 21.0 Å². The van der Waals surface area contributed by atoms with Crippen molar-refractivity contribution in [3.05, 3.63) is 67.0 Å². The average Bonchev–Trinajstić information content (AvgIpc) is 2.99. The van der Waals surface area contributed by atoms with Crippen LogP contribution in [0.5, 0.6) is 0 Å². The quantitative estimate of drug-likeness (QED) is 0.510. The zero-order valence-electron chi connectivity index (χ0n) is 11.4. The molecule has 0 bridgehead atoms. The van der Waals surface area contributed by atoms with Gasteiger partial charge in [0.2, 0.25) is 5.95 Å². The molecule has 0 spiro atoms. The second-order valence-electron chi connectivity index (χ2n) is 4.81. The van der Waals surface area contributed by atoms with Crippen molar-refractivity contribution in [2.24, 2.45) is 0 Å². The molecule has 4 aromatic rings. The van der Waals surface area contributed by atoms with Gasteiger partial charge in [0, 0.05) is 40.0 Å². The lowest BCUT2D eigenvalue weighted by atomic mass is 10.1. The number of hydrogen-bond donors (Lipinski definition) is 0.